The summed E-state index contributed by atoms with van der Waals surface area (Å²) in [6.07, 6.45) is 1.18. The summed E-state index contributed by atoms with van der Waals surface area (Å²) >= 11 is 0. The molecular weight excluding hydrogens is 362 g/mol. The number of nitrogens with zero attached hydrogens (tertiary/aromatic N) is 1. The Hall–Kier alpha value is -3.61. The highest BCUT2D eigenvalue weighted by molar-refractivity contribution is 6.18. The molecule has 7 heteroatoms. The Morgan fingerprint density at radius 3 is 2.11 bits per heavy atom. The number of methoxy groups -OCH3 is 3. The molecule has 0 aliphatic heterocycles. The van der Waals surface area contributed by atoms with E-state index < -0.39 is 5.97 Å². The van der Waals surface area contributed by atoms with Gasteiger partial charge in [-0.3, -0.25) is 9.78 Å². The molecule has 0 spiro atoms. The number of ether oxygens (including phenoxy) is 3. The van der Waals surface area contributed by atoms with E-state index in [4.69, 9.17) is 14.2 Å². The first kappa shape index (κ1) is 19.2. The molecule has 1 aromatic heterocycles. The smallest absolute Gasteiger partial charge is 0.337 e. The van der Waals surface area contributed by atoms with Crippen LogP contribution < -0.4 is 14.2 Å². The molecule has 0 aliphatic rings. The SMILES string of the molecule is COc1ccc(C)c(C(=O)c2ncc(C(=O)O)c3cc(OC)c(OC)cc23)c1. The molecule has 1 heterocycles. The summed E-state index contributed by atoms with van der Waals surface area (Å²) in [4.78, 5) is 29.1. The van der Waals surface area contributed by atoms with Gasteiger partial charge in [0.1, 0.15) is 11.4 Å². The number of fused-ring (bicyclic) bond motifs is 1. The molecular formula is C21H19NO6. The van der Waals surface area contributed by atoms with Gasteiger partial charge in [0, 0.05) is 22.5 Å². The minimum absolute atomic E-state index is 0.0325. The molecule has 1 N–H and O–H groups in total. The van der Waals surface area contributed by atoms with E-state index in [2.05, 4.69) is 4.98 Å². The third kappa shape index (κ3) is 3.22. The van der Waals surface area contributed by atoms with E-state index in [1.54, 1.807) is 24.3 Å². The lowest BCUT2D eigenvalue weighted by Crippen LogP contribution is -2.10. The van der Waals surface area contributed by atoms with Crippen molar-refractivity contribution in [2.75, 3.05) is 21.3 Å². The number of rotatable bonds is 6. The lowest BCUT2D eigenvalue weighted by Gasteiger charge is -2.14. The van der Waals surface area contributed by atoms with E-state index in [-0.39, 0.29) is 17.0 Å². The summed E-state index contributed by atoms with van der Waals surface area (Å²) in [5.74, 6) is -0.220. The van der Waals surface area contributed by atoms with Crippen molar-refractivity contribution >= 4 is 22.5 Å². The van der Waals surface area contributed by atoms with Crippen molar-refractivity contribution in [1.82, 2.24) is 4.98 Å². The maximum absolute atomic E-state index is 13.2. The molecule has 0 amide bonds. The van der Waals surface area contributed by atoms with Crippen LogP contribution in [0.5, 0.6) is 17.2 Å². The van der Waals surface area contributed by atoms with Crippen molar-refractivity contribution < 1.29 is 28.9 Å². The van der Waals surface area contributed by atoms with Gasteiger partial charge in [-0.05, 0) is 36.8 Å². The van der Waals surface area contributed by atoms with Crippen molar-refractivity contribution in [3.05, 3.63) is 58.9 Å². The number of carboxylic acid groups (broad SMARTS) is 1. The van der Waals surface area contributed by atoms with E-state index in [0.29, 0.717) is 33.6 Å². The van der Waals surface area contributed by atoms with Gasteiger partial charge in [0.05, 0.1) is 26.9 Å². The highest BCUT2D eigenvalue weighted by Crippen LogP contribution is 2.35. The summed E-state index contributed by atoms with van der Waals surface area (Å²) in [6, 6.07) is 8.28. The molecule has 28 heavy (non-hydrogen) atoms. The van der Waals surface area contributed by atoms with Crippen molar-refractivity contribution in [2.24, 2.45) is 0 Å². The van der Waals surface area contributed by atoms with Crippen LogP contribution in [-0.2, 0) is 0 Å². The minimum atomic E-state index is -1.15. The molecule has 0 saturated heterocycles. The van der Waals surface area contributed by atoms with E-state index in [0.717, 1.165) is 5.56 Å². The highest BCUT2D eigenvalue weighted by Gasteiger charge is 2.22. The maximum Gasteiger partial charge on any atom is 0.337 e. The minimum Gasteiger partial charge on any atom is -0.497 e. The van der Waals surface area contributed by atoms with Crippen LogP contribution in [0, 0.1) is 6.92 Å². The number of carbonyl (C=O) groups is 2. The number of aromatic nitrogens is 1. The van der Waals surface area contributed by atoms with E-state index >= 15 is 0 Å². The van der Waals surface area contributed by atoms with Crippen molar-refractivity contribution in [2.45, 2.75) is 6.92 Å². The monoisotopic (exact) mass is 381 g/mol. The molecule has 3 aromatic rings. The van der Waals surface area contributed by atoms with Gasteiger partial charge in [-0.1, -0.05) is 6.07 Å². The zero-order valence-electron chi connectivity index (χ0n) is 15.9. The van der Waals surface area contributed by atoms with E-state index in [1.165, 1.54) is 33.6 Å². The standard InChI is InChI=1S/C21H19NO6/c1-11-5-6-12(26-2)7-13(11)20(23)19-15-9-18(28-4)17(27-3)8-14(15)16(10-22-19)21(24)25/h5-10H,1-4H3,(H,24,25). The van der Waals surface area contributed by atoms with Gasteiger partial charge in [0.25, 0.3) is 0 Å². The summed E-state index contributed by atoms with van der Waals surface area (Å²) in [6.45, 7) is 1.81. The number of pyridine rings is 1. The van der Waals surface area contributed by atoms with Crippen molar-refractivity contribution in [3.63, 3.8) is 0 Å². The second-order valence-corrected chi connectivity index (χ2v) is 6.09. The van der Waals surface area contributed by atoms with Gasteiger partial charge in [-0.2, -0.15) is 0 Å². The molecule has 0 fully saturated rings. The average molecular weight is 381 g/mol. The second-order valence-electron chi connectivity index (χ2n) is 6.09. The highest BCUT2D eigenvalue weighted by atomic mass is 16.5. The molecule has 0 atom stereocenters. The third-order valence-electron chi connectivity index (χ3n) is 4.53. The fourth-order valence-electron chi connectivity index (χ4n) is 3.02. The normalized spacial score (nSPS) is 10.6. The van der Waals surface area contributed by atoms with Crippen molar-refractivity contribution in [1.29, 1.82) is 0 Å². The van der Waals surface area contributed by atoms with Crippen LogP contribution in [0.15, 0.2) is 36.5 Å². The van der Waals surface area contributed by atoms with Crippen LogP contribution in [0.4, 0.5) is 0 Å². The Morgan fingerprint density at radius 1 is 0.893 bits per heavy atom. The number of aromatic carboxylic acids is 1. The molecule has 0 aliphatic carbocycles. The number of aryl methyl sites for hydroxylation is 1. The molecule has 0 bridgehead atoms. The number of benzene rings is 2. The molecule has 144 valence electrons. The van der Waals surface area contributed by atoms with Crippen LogP contribution in [0.3, 0.4) is 0 Å². The first-order valence-electron chi connectivity index (χ1n) is 8.38. The first-order chi connectivity index (χ1) is 13.4. The van der Waals surface area contributed by atoms with Gasteiger partial charge < -0.3 is 19.3 Å². The molecule has 7 nitrogen and oxygen atoms in total. The van der Waals surface area contributed by atoms with Gasteiger partial charge in [0.15, 0.2) is 11.5 Å². The van der Waals surface area contributed by atoms with Crippen LogP contribution >= 0.6 is 0 Å². The number of ketones is 1. The summed E-state index contributed by atoms with van der Waals surface area (Å²) in [5, 5.41) is 10.2. The fourth-order valence-corrected chi connectivity index (χ4v) is 3.02. The number of hydrogen-bond donors (Lipinski definition) is 1. The predicted octanol–water partition coefficient (Wildman–Crippen LogP) is 3.50. The summed E-state index contributed by atoms with van der Waals surface area (Å²) in [7, 11) is 4.44. The van der Waals surface area contributed by atoms with Crippen LogP contribution in [0.25, 0.3) is 10.8 Å². The largest absolute Gasteiger partial charge is 0.497 e. The Balaban J connectivity index is 2.31. The third-order valence-corrected chi connectivity index (χ3v) is 4.53. The van der Waals surface area contributed by atoms with Crippen LogP contribution in [0.1, 0.15) is 32.0 Å². The maximum atomic E-state index is 13.2. The second kappa shape index (κ2) is 7.56. The zero-order valence-corrected chi connectivity index (χ0v) is 15.9. The van der Waals surface area contributed by atoms with E-state index in [1.807, 2.05) is 6.92 Å². The number of carboxylic acids is 1. The quantitative estimate of drug-likeness (QED) is 0.653. The van der Waals surface area contributed by atoms with Crippen LogP contribution in [-0.4, -0.2) is 43.2 Å². The van der Waals surface area contributed by atoms with Crippen molar-refractivity contribution in [3.8, 4) is 17.2 Å². The Morgan fingerprint density at radius 2 is 1.54 bits per heavy atom. The fraction of sp³-hybridized carbons (Fsp3) is 0.190. The van der Waals surface area contributed by atoms with Gasteiger partial charge in [-0.15, -0.1) is 0 Å². The lowest BCUT2D eigenvalue weighted by atomic mass is 9.96. The van der Waals surface area contributed by atoms with E-state index in [9.17, 15) is 14.7 Å². The van der Waals surface area contributed by atoms with Gasteiger partial charge in [0.2, 0.25) is 5.78 Å². The average Bonchev–Trinajstić information content (AvgIpc) is 2.71. The topological polar surface area (TPSA) is 95.0 Å². The number of hydrogen-bond acceptors (Lipinski definition) is 6. The molecule has 2 aromatic carbocycles. The molecule has 0 radical (unpaired) electrons. The Labute approximate surface area is 161 Å². The number of carbonyl (C=O) groups excluding carboxylic acids is 1. The summed E-state index contributed by atoms with van der Waals surface area (Å²) < 4.78 is 15.8. The zero-order chi connectivity index (χ0) is 20.4. The Kier molecular flexibility index (Phi) is 5.17. The first-order valence-corrected chi connectivity index (χ1v) is 8.38. The molecule has 3 rings (SSSR count). The van der Waals surface area contributed by atoms with Gasteiger partial charge in [-0.25, -0.2) is 4.79 Å². The Bertz CT molecular complexity index is 1090. The summed E-state index contributed by atoms with van der Waals surface area (Å²) in [5.41, 5.74) is 1.27. The lowest BCUT2D eigenvalue weighted by molar-refractivity contribution is 0.0698. The molecule has 0 unspecified atom stereocenters. The predicted molar refractivity (Wildman–Crippen MR) is 103 cm³/mol. The van der Waals surface area contributed by atoms with Crippen LogP contribution in [0.2, 0.25) is 0 Å². The van der Waals surface area contributed by atoms with Gasteiger partial charge >= 0.3 is 5.97 Å². The molecule has 0 saturated carbocycles.